The Morgan fingerprint density at radius 3 is 2.72 bits per heavy atom. The number of hydrogen-bond acceptors (Lipinski definition) is 5. The van der Waals surface area contributed by atoms with Crippen molar-refractivity contribution in [3.05, 3.63) is 99.5 Å². The van der Waals surface area contributed by atoms with E-state index in [0.717, 1.165) is 11.8 Å². The summed E-state index contributed by atoms with van der Waals surface area (Å²) < 4.78 is 19.6. The number of carbonyl (C=O) groups is 1. The molecule has 0 aliphatic carbocycles. The Bertz CT molecular complexity index is 1330. The Morgan fingerprint density at radius 2 is 1.97 bits per heavy atom. The molecular formula is C22H14FN3O3. The van der Waals surface area contributed by atoms with Crippen LogP contribution in [0.4, 0.5) is 10.2 Å². The number of pyridine rings is 2. The fourth-order valence-corrected chi connectivity index (χ4v) is 3.70. The largest absolute Gasteiger partial charge is 0.450 e. The number of rotatable bonds is 2. The van der Waals surface area contributed by atoms with Crippen molar-refractivity contribution in [1.82, 2.24) is 9.97 Å². The van der Waals surface area contributed by atoms with Gasteiger partial charge in [0, 0.05) is 18.1 Å². The molecule has 0 radical (unpaired) electrons. The molecule has 0 spiro atoms. The van der Waals surface area contributed by atoms with E-state index in [9.17, 15) is 14.0 Å². The molecule has 29 heavy (non-hydrogen) atoms. The molecule has 0 fully saturated rings. The third-order valence-corrected chi connectivity index (χ3v) is 4.95. The first-order chi connectivity index (χ1) is 14.0. The van der Waals surface area contributed by atoms with E-state index in [-0.39, 0.29) is 22.3 Å². The van der Waals surface area contributed by atoms with Crippen molar-refractivity contribution in [3.63, 3.8) is 0 Å². The number of nitrogens with zero attached hydrogens (tertiary/aromatic N) is 3. The van der Waals surface area contributed by atoms with E-state index in [0.29, 0.717) is 11.4 Å². The molecule has 3 aromatic heterocycles. The summed E-state index contributed by atoms with van der Waals surface area (Å²) in [5, 5.41) is 0.0875. The van der Waals surface area contributed by atoms with Gasteiger partial charge in [0.25, 0.3) is 5.91 Å². The van der Waals surface area contributed by atoms with Crippen LogP contribution in [0.15, 0.2) is 70.1 Å². The van der Waals surface area contributed by atoms with Crippen LogP contribution in [0.2, 0.25) is 0 Å². The molecule has 0 bridgehead atoms. The molecule has 1 aliphatic rings. The average Bonchev–Trinajstić information content (AvgIpc) is 3.02. The van der Waals surface area contributed by atoms with Gasteiger partial charge in [-0.2, -0.15) is 0 Å². The van der Waals surface area contributed by atoms with Gasteiger partial charge in [-0.15, -0.1) is 0 Å². The van der Waals surface area contributed by atoms with Crippen LogP contribution in [0.25, 0.3) is 11.0 Å². The van der Waals surface area contributed by atoms with E-state index in [1.807, 2.05) is 13.0 Å². The lowest BCUT2D eigenvalue weighted by atomic mass is 10.00. The smallest absolute Gasteiger partial charge is 0.296 e. The van der Waals surface area contributed by atoms with Crippen LogP contribution in [0.1, 0.15) is 33.4 Å². The minimum absolute atomic E-state index is 0.0636. The summed E-state index contributed by atoms with van der Waals surface area (Å²) in [4.78, 5) is 36.6. The second-order valence-electron chi connectivity index (χ2n) is 6.82. The summed E-state index contributed by atoms with van der Waals surface area (Å²) in [5.74, 6) is -0.698. The van der Waals surface area contributed by atoms with Gasteiger partial charge in [0.05, 0.1) is 17.0 Å². The van der Waals surface area contributed by atoms with Crippen molar-refractivity contribution in [2.24, 2.45) is 0 Å². The molecule has 1 aromatic carbocycles. The second-order valence-corrected chi connectivity index (χ2v) is 6.82. The molecule has 6 nitrogen and oxygen atoms in total. The van der Waals surface area contributed by atoms with Gasteiger partial charge in [0.1, 0.15) is 17.2 Å². The number of aromatic nitrogens is 2. The lowest BCUT2D eigenvalue weighted by molar-refractivity contribution is 0.0970. The number of amides is 1. The van der Waals surface area contributed by atoms with E-state index in [2.05, 4.69) is 9.97 Å². The molecule has 4 aromatic rings. The van der Waals surface area contributed by atoms with E-state index in [4.69, 9.17) is 4.42 Å². The number of hydrogen-bond donors (Lipinski definition) is 0. The highest BCUT2D eigenvalue weighted by Gasteiger charge is 2.44. The molecule has 1 aliphatic heterocycles. The topological polar surface area (TPSA) is 76.3 Å². The monoisotopic (exact) mass is 387 g/mol. The van der Waals surface area contributed by atoms with E-state index in [1.165, 1.54) is 17.0 Å². The summed E-state index contributed by atoms with van der Waals surface area (Å²) in [5.41, 5.74) is 1.23. The van der Waals surface area contributed by atoms with Gasteiger partial charge in [-0.25, -0.2) is 9.37 Å². The Hall–Kier alpha value is -3.87. The molecule has 4 heterocycles. The summed E-state index contributed by atoms with van der Waals surface area (Å²) in [6.07, 6.45) is 3.19. The highest BCUT2D eigenvalue weighted by molar-refractivity contribution is 6.10. The first kappa shape index (κ1) is 17.2. The van der Waals surface area contributed by atoms with Crippen molar-refractivity contribution in [3.8, 4) is 0 Å². The molecule has 7 heteroatoms. The fraction of sp³-hybridized carbons (Fsp3) is 0.0909. The summed E-state index contributed by atoms with van der Waals surface area (Å²) in [6.45, 7) is 1.82. The van der Waals surface area contributed by atoms with Crippen LogP contribution in [-0.4, -0.2) is 15.9 Å². The average molecular weight is 387 g/mol. The lowest BCUT2D eigenvalue weighted by Gasteiger charge is -2.24. The number of anilines is 1. The van der Waals surface area contributed by atoms with Crippen LogP contribution in [-0.2, 0) is 0 Å². The van der Waals surface area contributed by atoms with Gasteiger partial charge in [0.2, 0.25) is 5.76 Å². The zero-order chi connectivity index (χ0) is 20.1. The number of halogens is 1. The molecule has 142 valence electrons. The molecule has 0 saturated heterocycles. The molecule has 1 atom stereocenters. The third-order valence-electron chi connectivity index (χ3n) is 4.95. The molecular weight excluding hydrogens is 373 g/mol. The van der Waals surface area contributed by atoms with Crippen LogP contribution in [0.5, 0.6) is 0 Å². The normalized spacial score (nSPS) is 15.7. The fourth-order valence-electron chi connectivity index (χ4n) is 3.70. The predicted molar refractivity (Wildman–Crippen MR) is 104 cm³/mol. The molecule has 5 rings (SSSR count). The molecule has 1 unspecified atom stereocenters. The number of fused-ring (bicyclic) bond motifs is 2. The van der Waals surface area contributed by atoms with Crippen molar-refractivity contribution >= 4 is 22.7 Å². The molecule has 0 N–H and O–H groups in total. The Morgan fingerprint density at radius 1 is 1.10 bits per heavy atom. The standard InChI is InChI=1S/C22H14FN3O3/c1-12-4-2-6-17(25-12)26-19(13-5-3-9-24-11-13)18-20(27)15-10-14(23)7-8-16(15)29-21(18)22(26)28/h2-11,19H,1H3. The zero-order valence-electron chi connectivity index (χ0n) is 15.3. The van der Waals surface area contributed by atoms with Crippen LogP contribution >= 0.6 is 0 Å². The quantitative estimate of drug-likeness (QED) is 0.523. The minimum Gasteiger partial charge on any atom is -0.450 e. The summed E-state index contributed by atoms with van der Waals surface area (Å²) in [7, 11) is 0. The van der Waals surface area contributed by atoms with Gasteiger partial charge in [-0.1, -0.05) is 12.1 Å². The first-order valence-corrected chi connectivity index (χ1v) is 8.98. The Labute approximate surface area is 164 Å². The number of aryl methyl sites for hydroxylation is 1. The van der Waals surface area contributed by atoms with Crippen molar-refractivity contribution in [2.45, 2.75) is 13.0 Å². The van der Waals surface area contributed by atoms with Crippen LogP contribution in [0, 0.1) is 12.7 Å². The second kappa shape index (κ2) is 6.34. The SMILES string of the molecule is Cc1cccc(N2C(=O)c3oc4ccc(F)cc4c(=O)c3C2c2cccnc2)n1. The number of benzene rings is 1. The molecule has 0 saturated carbocycles. The first-order valence-electron chi connectivity index (χ1n) is 8.98. The van der Waals surface area contributed by atoms with E-state index >= 15 is 0 Å². The van der Waals surface area contributed by atoms with Crippen LogP contribution in [0.3, 0.4) is 0 Å². The number of carbonyl (C=O) groups excluding carboxylic acids is 1. The van der Waals surface area contributed by atoms with Crippen molar-refractivity contribution < 1.29 is 13.6 Å². The maximum absolute atomic E-state index is 13.8. The highest BCUT2D eigenvalue weighted by Crippen LogP contribution is 2.40. The van der Waals surface area contributed by atoms with Crippen molar-refractivity contribution in [2.75, 3.05) is 4.90 Å². The van der Waals surface area contributed by atoms with Crippen LogP contribution < -0.4 is 10.3 Å². The van der Waals surface area contributed by atoms with Gasteiger partial charge >= 0.3 is 0 Å². The van der Waals surface area contributed by atoms with E-state index in [1.54, 1.807) is 36.7 Å². The zero-order valence-corrected chi connectivity index (χ0v) is 15.3. The van der Waals surface area contributed by atoms with Gasteiger partial charge in [-0.3, -0.25) is 19.5 Å². The Balaban J connectivity index is 1.84. The van der Waals surface area contributed by atoms with Gasteiger partial charge in [-0.05, 0) is 48.9 Å². The summed E-state index contributed by atoms with van der Waals surface area (Å²) in [6, 6.07) is 11.7. The predicted octanol–water partition coefficient (Wildman–Crippen LogP) is 3.78. The van der Waals surface area contributed by atoms with Gasteiger partial charge in [0.15, 0.2) is 5.43 Å². The molecule has 1 amide bonds. The lowest BCUT2D eigenvalue weighted by Crippen LogP contribution is -2.30. The minimum atomic E-state index is -0.774. The third kappa shape index (κ3) is 2.62. The highest BCUT2D eigenvalue weighted by atomic mass is 19.1. The van der Waals surface area contributed by atoms with Crippen molar-refractivity contribution in [1.29, 1.82) is 0 Å². The Kier molecular flexibility index (Phi) is 3.77. The van der Waals surface area contributed by atoms with E-state index < -0.39 is 23.2 Å². The summed E-state index contributed by atoms with van der Waals surface area (Å²) >= 11 is 0. The van der Waals surface area contributed by atoms with Gasteiger partial charge < -0.3 is 4.42 Å². The maximum Gasteiger partial charge on any atom is 0.296 e. The maximum atomic E-state index is 13.8.